The van der Waals surface area contributed by atoms with Crippen LogP contribution in [0.5, 0.6) is 0 Å². The monoisotopic (exact) mass is 710 g/mol. The molecule has 12 nitrogen and oxygen atoms in total. The number of benzene rings is 2. The van der Waals surface area contributed by atoms with E-state index >= 15 is 0 Å². The van der Waals surface area contributed by atoms with Gasteiger partial charge in [0.1, 0.15) is 0 Å². The van der Waals surface area contributed by atoms with E-state index in [9.17, 15) is 5.26 Å². The number of aryl methyl sites for hydroxylation is 4. The molecule has 2 atom stereocenters. The number of nitrogens with two attached hydrogens (primary N) is 2. The number of imidazole rings is 2. The lowest BCUT2D eigenvalue weighted by Gasteiger charge is -2.28. The first-order valence-corrected chi connectivity index (χ1v) is 18.5. The minimum absolute atomic E-state index is 0.0412. The molecule has 0 spiro atoms. The summed E-state index contributed by atoms with van der Waals surface area (Å²) in [6, 6.07) is 13.2. The fraction of sp³-hybridized carbons (Fsp3) is 0.366. The summed E-state index contributed by atoms with van der Waals surface area (Å²) >= 11 is 0. The van der Waals surface area contributed by atoms with Crippen molar-refractivity contribution in [3.8, 4) is 6.07 Å². The third-order valence-corrected chi connectivity index (χ3v) is 10.7. The molecule has 2 aliphatic heterocycles. The molecule has 0 aliphatic carbocycles. The molecule has 2 aromatic carbocycles. The third kappa shape index (κ3) is 6.92. The molecule has 2 unspecified atom stereocenters. The molecule has 0 amide bonds. The Bertz CT molecular complexity index is 2310. The highest BCUT2D eigenvalue weighted by Gasteiger charge is 2.29. The van der Waals surface area contributed by atoms with Gasteiger partial charge in [-0.2, -0.15) is 10.4 Å². The first kappa shape index (κ1) is 35.6. The van der Waals surface area contributed by atoms with Crippen molar-refractivity contribution in [2.24, 2.45) is 17.4 Å². The third-order valence-electron chi connectivity index (χ3n) is 10.7. The van der Waals surface area contributed by atoms with Gasteiger partial charge in [-0.1, -0.05) is 31.9 Å². The molecule has 53 heavy (non-hydrogen) atoms. The van der Waals surface area contributed by atoms with Crippen molar-refractivity contribution in [3.63, 3.8) is 0 Å². The molecule has 1 fully saturated rings. The summed E-state index contributed by atoms with van der Waals surface area (Å²) in [6.07, 6.45) is 8.69. The number of hydrogen-bond donors (Lipinski definition) is 4. The van der Waals surface area contributed by atoms with Crippen molar-refractivity contribution in [1.82, 2.24) is 33.8 Å². The van der Waals surface area contributed by atoms with E-state index in [0.29, 0.717) is 30.4 Å². The summed E-state index contributed by atoms with van der Waals surface area (Å²) < 4.78 is 6.43. The number of likely N-dealkylation sites (tertiary alicyclic amines) is 1. The van der Waals surface area contributed by atoms with Crippen LogP contribution in [0.1, 0.15) is 59.8 Å². The van der Waals surface area contributed by atoms with E-state index < -0.39 is 0 Å². The molecule has 3 aromatic heterocycles. The zero-order chi connectivity index (χ0) is 37.4. The predicted molar refractivity (Wildman–Crippen MR) is 216 cm³/mol. The van der Waals surface area contributed by atoms with Crippen LogP contribution in [-0.4, -0.2) is 60.0 Å². The van der Waals surface area contributed by atoms with Crippen molar-refractivity contribution in [2.75, 3.05) is 30.8 Å². The van der Waals surface area contributed by atoms with Crippen molar-refractivity contribution in [2.45, 2.75) is 71.6 Å². The van der Waals surface area contributed by atoms with Gasteiger partial charge < -0.3 is 31.2 Å². The smallest absolute Gasteiger partial charge is 0.208 e. The van der Waals surface area contributed by atoms with E-state index in [-0.39, 0.29) is 12.0 Å². The van der Waals surface area contributed by atoms with Crippen molar-refractivity contribution in [1.29, 1.82) is 5.26 Å². The highest BCUT2D eigenvalue weighted by atomic mass is 15.3. The fourth-order valence-corrected chi connectivity index (χ4v) is 8.07. The molecule has 1 saturated heterocycles. The molecule has 6 N–H and O–H groups in total. The molecule has 5 heterocycles. The Hall–Kier alpha value is -5.80. The van der Waals surface area contributed by atoms with Gasteiger partial charge in [0.2, 0.25) is 11.9 Å². The molecule has 0 bridgehead atoms. The van der Waals surface area contributed by atoms with E-state index in [1.165, 1.54) is 5.56 Å². The summed E-state index contributed by atoms with van der Waals surface area (Å²) in [5.41, 5.74) is 24.2. The van der Waals surface area contributed by atoms with Gasteiger partial charge in [-0.15, -0.1) is 0 Å². The van der Waals surface area contributed by atoms with Gasteiger partial charge >= 0.3 is 0 Å². The van der Waals surface area contributed by atoms with E-state index in [1.54, 1.807) is 0 Å². The van der Waals surface area contributed by atoms with Crippen LogP contribution in [0, 0.1) is 24.2 Å². The van der Waals surface area contributed by atoms with Gasteiger partial charge in [0.15, 0.2) is 0 Å². The Morgan fingerprint density at radius 2 is 1.47 bits per heavy atom. The van der Waals surface area contributed by atoms with Gasteiger partial charge in [0.05, 0.1) is 51.1 Å². The lowest BCUT2D eigenvalue weighted by atomic mass is 9.94. The van der Waals surface area contributed by atoms with Crippen LogP contribution in [0.2, 0.25) is 0 Å². The van der Waals surface area contributed by atoms with E-state index in [2.05, 4.69) is 86.8 Å². The maximum absolute atomic E-state index is 9.83. The highest BCUT2D eigenvalue weighted by Crippen LogP contribution is 2.33. The van der Waals surface area contributed by atoms with Gasteiger partial charge in [-0.3, -0.25) is 9.58 Å². The average Bonchev–Trinajstić information content (AvgIpc) is 3.93. The van der Waals surface area contributed by atoms with Gasteiger partial charge in [0.25, 0.3) is 0 Å². The molecule has 0 radical (unpaired) electrons. The van der Waals surface area contributed by atoms with E-state index in [0.717, 1.165) is 114 Å². The lowest BCUT2D eigenvalue weighted by molar-refractivity contribution is 0.215. The molecule has 7 rings (SSSR count). The standard InChI is InChI=1S/C41H50N12/c1-7-53-37(18-25(2)49-53)28(5)46-41-48-36-22-33(27(4)44)20-31-11-13-34(50-17-14-29(23-42)24-50)12-10-30-19-32(26(3)43)21-35-38(30)51(40(45-6)47-35)15-8-9-16-52(41)39(31)36/h8-9,18-22,29,34H,3-5,7,10-17,24,43-44H2,1-2,6H3,(H,45,47)(H,46,48)/b9-8+. The number of anilines is 2. The van der Waals surface area contributed by atoms with Crippen LogP contribution in [0.4, 0.5) is 11.9 Å². The van der Waals surface area contributed by atoms with Gasteiger partial charge in [-0.25, -0.2) is 9.97 Å². The Balaban J connectivity index is 1.37. The number of nitrogens with one attached hydrogen (secondary N) is 2. The lowest BCUT2D eigenvalue weighted by Crippen LogP contribution is -2.34. The second-order valence-corrected chi connectivity index (χ2v) is 14.3. The highest BCUT2D eigenvalue weighted by molar-refractivity contribution is 5.88. The van der Waals surface area contributed by atoms with Gasteiger partial charge in [-0.05, 0) is 105 Å². The summed E-state index contributed by atoms with van der Waals surface area (Å²) in [6.45, 7) is 20.2. The Morgan fingerprint density at radius 3 is 2.00 bits per heavy atom. The first-order chi connectivity index (χ1) is 25.6. The largest absolute Gasteiger partial charge is 0.399 e. The molecule has 12 heteroatoms. The Kier molecular flexibility index (Phi) is 9.86. The maximum Gasteiger partial charge on any atom is 0.208 e. The molecule has 274 valence electrons. The van der Waals surface area contributed by atoms with Crippen LogP contribution in [0.25, 0.3) is 39.2 Å². The maximum atomic E-state index is 9.83. The molecule has 2 aliphatic rings. The molecular formula is C41H50N12. The first-order valence-electron chi connectivity index (χ1n) is 18.5. The molecule has 5 aromatic rings. The summed E-state index contributed by atoms with van der Waals surface area (Å²) in [4.78, 5) is 12.7. The topological polar surface area (TPSA) is 157 Å². The minimum Gasteiger partial charge on any atom is -0.399 e. The van der Waals surface area contributed by atoms with Crippen molar-refractivity contribution < 1.29 is 0 Å². The second-order valence-electron chi connectivity index (χ2n) is 14.3. The quantitative estimate of drug-likeness (QED) is 0.137. The van der Waals surface area contributed by atoms with Crippen molar-refractivity contribution >= 4 is 51.1 Å². The SMILES string of the molecule is C=C(N)c1cc2c3c(c1)nc(NC)n3C/C=C/Cn1c(NC(=C)c3cc(C)nn3CC)nc3cc(C(=C)N)cc(c31)CCC(N1CCC(C#N)C1)CC2. The number of aromatic nitrogens is 6. The van der Waals surface area contributed by atoms with Gasteiger partial charge in [0, 0.05) is 50.7 Å². The van der Waals surface area contributed by atoms with Crippen LogP contribution in [-0.2, 0) is 32.5 Å². The second kappa shape index (κ2) is 14.7. The number of hydrogen-bond acceptors (Lipinski definition) is 9. The van der Waals surface area contributed by atoms with Crippen LogP contribution in [0.15, 0.2) is 62.2 Å². The molecular weight excluding hydrogens is 661 g/mol. The number of nitrogens with zero attached hydrogens (tertiary/aromatic N) is 8. The van der Waals surface area contributed by atoms with E-state index in [4.69, 9.17) is 21.4 Å². The predicted octanol–water partition coefficient (Wildman–Crippen LogP) is 6.24. The summed E-state index contributed by atoms with van der Waals surface area (Å²) in [7, 11) is 1.90. The van der Waals surface area contributed by atoms with E-state index in [1.807, 2.05) is 36.9 Å². The van der Waals surface area contributed by atoms with Crippen LogP contribution < -0.4 is 22.1 Å². The number of allylic oxidation sites excluding steroid dienone is 2. The Morgan fingerprint density at radius 1 is 0.887 bits per heavy atom. The Labute approximate surface area is 311 Å². The molecule has 0 saturated carbocycles. The summed E-state index contributed by atoms with van der Waals surface area (Å²) in [5.74, 6) is 1.52. The zero-order valence-corrected chi connectivity index (χ0v) is 31.1. The number of rotatable bonds is 8. The minimum atomic E-state index is 0.0412. The van der Waals surface area contributed by atoms with Crippen molar-refractivity contribution in [3.05, 3.63) is 95.9 Å². The normalized spacial score (nSPS) is 18.7. The summed E-state index contributed by atoms with van der Waals surface area (Å²) in [5, 5.41) is 21.4. The zero-order valence-electron chi connectivity index (χ0n) is 31.1. The van der Waals surface area contributed by atoms with Crippen LogP contribution >= 0.6 is 0 Å². The fourth-order valence-electron chi connectivity index (χ4n) is 8.07. The average molecular weight is 711 g/mol. The van der Waals surface area contributed by atoms with Crippen LogP contribution in [0.3, 0.4) is 0 Å². The number of nitriles is 1.